The van der Waals surface area contributed by atoms with Crippen molar-refractivity contribution in [1.82, 2.24) is 10.2 Å². The number of hydrogen-bond acceptors (Lipinski definition) is 5. The van der Waals surface area contributed by atoms with Gasteiger partial charge in [-0.15, -0.1) is 0 Å². The number of benzene rings is 2. The fraction of sp³-hybridized carbons (Fsp3) is 0.292. The van der Waals surface area contributed by atoms with Gasteiger partial charge in [0.1, 0.15) is 12.3 Å². The summed E-state index contributed by atoms with van der Waals surface area (Å²) >= 11 is 0. The molecule has 2 aromatic carbocycles. The fourth-order valence-electron chi connectivity index (χ4n) is 3.28. The molecule has 1 aliphatic rings. The molecule has 2 amide bonds. The van der Waals surface area contributed by atoms with Gasteiger partial charge in [-0.1, -0.05) is 48.5 Å². The second-order valence-electron chi connectivity index (χ2n) is 6.96. The minimum atomic E-state index is -0.673. The highest BCUT2D eigenvalue weighted by Gasteiger charge is 2.20. The van der Waals surface area contributed by atoms with Crippen molar-refractivity contribution in [1.29, 1.82) is 0 Å². The largest absolute Gasteiger partial charge is 0.493 e. The third-order valence-corrected chi connectivity index (χ3v) is 4.89. The molecule has 0 unspecified atom stereocenters. The number of rotatable bonds is 8. The zero-order chi connectivity index (χ0) is 22.1. The van der Waals surface area contributed by atoms with Crippen LogP contribution in [0.5, 0.6) is 5.75 Å². The van der Waals surface area contributed by atoms with Gasteiger partial charge in [-0.05, 0) is 36.6 Å². The number of ether oxygens (including phenoxy) is 2. The van der Waals surface area contributed by atoms with Crippen molar-refractivity contribution in [3.05, 3.63) is 71.8 Å². The predicted molar refractivity (Wildman–Crippen MR) is 117 cm³/mol. The molecule has 7 nitrogen and oxygen atoms in total. The van der Waals surface area contributed by atoms with E-state index in [1.165, 1.54) is 5.57 Å². The Morgan fingerprint density at radius 2 is 1.77 bits per heavy atom. The maximum Gasteiger partial charge on any atom is 0.325 e. The first-order chi connectivity index (χ1) is 15.1. The molecule has 0 saturated heterocycles. The highest BCUT2D eigenvalue weighted by Crippen LogP contribution is 2.22. The van der Waals surface area contributed by atoms with Gasteiger partial charge in [-0.2, -0.15) is 0 Å². The average Bonchev–Trinajstić information content (AvgIpc) is 2.82. The van der Waals surface area contributed by atoms with E-state index in [2.05, 4.69) is 5.32 Å². The topological polar surface area (TPSA) is 84.9 Å². The molecule has 1 N–H and O–H groups in total. The number of nitrogens with zero attached hydrogens (tertiary/aromatic N) is 1. The van der Waals surface area contributed by atoms with E-state index in [1.807, 2.05) is 43.3 Å². The summed E-state index contributed by atoms with van der Waals surface area (Å²) in [5, 5.41) is 2.50. The van der Waals surface area contributed by atoms with Crippen LogP contribution in [-0.4, -0.2) is 55.5 Å². The molecule has 162 valence electrons. The van der Waals surface area contributed by atoms with Gasteiger partial charge in [0.15, 0.2) is 6.61 Å². The van der Waals surface area contributed by atoms with E-state index in [-0.39, 0.29) is 19.1 Å². The number of carbonyl (C=O) groups is 3. The summed E-state index contributed by atoms with van der Waals surface area (Å²) in [6.07, 6.45) is 2.77. The molecule has 0 bridgehead atoms. The van der Waals surface area contributed by atoms with Crippen molar-refractivity contribution in [2.75, 3.05) is 32.8 Å². The zero-order valence-corrected chi connectivity index (χ0v) is 17.5. The van der Waals surface area contributed by atoms with Crippen LogP contribution >= 0.6 is 0 Å². The highest BCUT2D eigenvalue weighted by atomic mass is 16.5. The van der Waals surface area contributed by atoms with Crippen molar-refractivity contribution in [3.63, 3.8) is 0 Å². The molecular formula is C24H26N2O5. The first kappa shape index (κ1) is 22.1. The summed E-state index contributed by atoms with van der Waals surface area (Å²) in [6.45, 7) is 2.62. The molecule has 0 fully saturated rings. The lowest BCUT2D eigenvalue weighted by Crippen LogP contribution is -2.38. The fourth-order valence-corrected chi connectivity index (χ4v) is 3.28. The van der Waals surface area contributed by atoms with Gasteiger partial charge in [0, 0.05) is 13.1 Å². The standard InChI is InChI=1S/C24H26N2O5/c1-2-30-21-11-7-6-10-20(21)24(29)25-16-23(28)31-17-22(27)26-14-12-19(13-15-26)18-8-4-3-5-9-18/h3-12H,2,13-17H2,1H3,(H,25,29). The van der Waals surface area contributed by atoms with E-state index in [4.69, 9.17) is 9.47 Å². The Hall–Kier alpha value is -3.61. The van der Waals surface area contributed by atoms with E-state index in [0.29, 0.717) is 31.0 Å². The minimum absolute atomic E-state index is 0.260. The highest BCUT2D eigenvalue weighted by molar-refractivity contribution is 5.98. The number of hydrogen-bond donors (Lipinski definition) is 1. The molecular weight excluding hydrogens is 396 g/mol. The Kier molecular flexibility index (Phi) is 7.81. The van der Waals surface area contributed by atoms with E-state index >= 15 is 0 Å². The second kappa shape index (κ2) is 11.0. The average molecular weight is 422 g/mol. The van der Waals surface area contributed by atoms with Gasteiger partial charge in [-0.3, -0.25) is 14.4 Å². The van der Waals surface area contributed by atoms with Crippen LogP contribution in [0.2, 0.25) is 0 Å². The lowest BCUT2D eigenvalue weighted by Gasteiger charge is -2.26. The normalized spacial score (nSPS) is 13.2. The molecule has 0 aromatic heterocycles. The van der Waals surface area contributed by atoms with Crippen LogP contribution in [0.4, 0.5) is 0 Å². The van der Waals surface area contributed by atoms with Gasteiger partial charge in [0.05, 0.1) is 12.2 Å². The maximum atomic E-state index is 12.3. The summed E-state index contributed by atoms with van der Waals surface area (Å²) in [6, 6.07) is 16.8. The van der Waals surface area contributed by atoms with Crippen LogP contribution < -0.4 is 10.1 Å². The molecule has 3 rings (SSSR count). The Balaban J connectivity index is 1.42. The molecule has 0 saturated carbocycles. The molecule has 0 atom stereocenters. The van der Waals surface area contributed by atoms with Gasteiger partial charge in [0.2, 0.25) is 0 Å². The van der Waals surface area contributed by atoms with Crippen molar-refractivity contribution in [2.24, 2.45) is 0 Å². The number of esters is 1. The molecule has 1 aliphatic heterocycles. The molecule has 1 heterocycles. The lowest BCUT2D eigenvalue weighted by atomic mass is 10.00. The summed E-state index contributed by atoms with van der Waals surface area (Å²) in [5.41, 5.74) is 2.70. The van der Waals surface area contributed by atoms with Crippen LogP contribution in [0.25, 0.3) is 5.57 Å². The molecule has 0 spiro atoms. The molecule has 0 aliphatic carbocycles. The first-order valence-corrected chi connectivity index (χ1v) is 10.3. The maximum absolute atomic E-state index is 12.3. The van der Waals surface area contributed by atoms with E-state index < -0.39 is 11.9 Å². The Bertz CT molecular complexity index is 955. The Morgan fingerprint density at radius 1 is 1.03 bits per heavy atom. The van der Waals surface area contributed by atoms with Crippen molar-refractivity contribution in [3.8, 4) is 5.75 Å². The SMILES string of the molecule is CCOc1ccccc1C(=O)NCC(=O)OCC(=O)N1CC=C(c2ccccc2)CC1. The Morgan fingerprint density at radius 3 is 2.48 bits per heavy atom. The number of amides is 2. The van der Waals surface area contributed by atoms with Gasteiger partial charge < -0.3 is 19.7 Å². The summed E-state index contributed by atoms with van der Waals surface area (Å²) < 4.78 is 10.5. The predicted octanol–water partition coefficient (Wildman–Crippen LogP) is 2.67. The van der Waals surface area contributed by atoms with Crippen LogP contribution in [0, 0.1) is 0 Å². The van der Waals surface area contributed by atoms with Crippen molar-refractivity contribution in [2.45, 2.75) is 13.3 Å². The van der Waals surface area contributed by atoms with Crippen LogP contribution in [0.1, 0.15) is 29.3 Å². The van der Waals surface area contributed by atoms with Crippen LogP contribution in [-0.2, 0) is 14.3 Å². The number of carbonyl (C=O) groups excluding carboxylic acids is 3. The van der Waals surface area contributed by atoms with E-state index in [1.54, 1.807) is 29.2 Å². The lowest BCUT2D eigenvalue weighted by molar-refractivity contribution is -0.151. The number of para-hydroxylation sites is 1. The monoisotopic (exact) mass is 422 g/mol. The molecule has 0 radical (unpaired) electrons. The summed E-state index contributed by atoms with van der Waals surface area (Å²) in [5.74, 6) is -0.932. The quantitative estimate of drug-likeness (QED) is 0.661. The third-order valence-electron chi connectivity index (χ3n) is 4.89. The summed E-state index contributed by atoms with van der Waals surface area (Å²) in [7, 11) is 0. The van der Waals surface area contributed by atoms with Crippen LogP contribution in [0.15, 0.2) is 60.7 Å². The first-order valence-electron chi connectivity index (χ1n) is 10.3. The van der Waals surface area contributed by atoms with Gasteiger partial charge >= 0.3 is 5.97 Å². The third kappa shape index (κ3) is 6.18. The van der Waals surface area contributed by atoms with Crippen molar-refractivity contribution < 1.29 is 23.9 Å². The van der Waals surface area contributed by atoms with E-state index in [9.17, 15) is 14.4 Å². The minimum Gasteiger partial charge on any atom is -0.493 e. The van der Waals surface area contributed by atoms with E-state index in [0.717, 1.165) is 12.0 Å². The number of nitrogens with one attached hydrogen (secondary N) is 1. The zero-order valence-electron chi connectivity index (χ0n) is 17.5. The summed E-state index contributed by atoms with van der Waals surface area (Å²) in [4.78, 5) is 38.2. The molecule has 31 heavy (non-hydrogen) atoms. The second-order valence-corrected chi connectivity index (χ2v) is 6.96. The van der Waals surface area contributed by atoms with Gasteiger partial charge in [0.25, 0.3) is 11.8 Å². The smallest absolute Gasteiger partial charge is 0.325 e. The molecule has 2 aromatic rings. The Labute approximate surface area is 181 Å². The molecule has 7 heteroatoms. The van der Waals surface area contributed by atoms with Crippen LogP contribution in [0.3, 0.4) is 0 Å². The van der Waals surface area contributed by atoms with Gasteiger partial charge in [-0.25, -0.2) is 0 Å². The van der Waals surface area contributed by atoms with Crippen molar-refractivity contribution >= 4 is 23.4 Å².